The summed E-state index contributed by atoms with van der Waals surface area (Å²) in [6.45, 7) is 1.60. The van der Waals surface area contributed by atoms with Crippen molar-refractivity contribution in [2.24, 2.45) is 0 Å². The number of anilines is 4. The third kappa shape index (κ3) is 8.27. The van der Waals surface area contributed by atoms with Gasteiger partial charge in [-0.3, -0.25) is 4.79 Å². The van der Waals surface area contributed by atoms with Gasteiger partial charge >= 0.3 is 6.18 Å². The van der Waals surface area contributed by atoms with Crippen LogP contribution in [0.1, 0.15) is 6.92 Å². The number of aromatic nitrogens is 2. The van der Waals surface area contributed by atoms with Gasteiger partial charge in [-0.05, 0) is 36.4 Å². The lowest BCUT2D eigenvalue weighted by molar-refractivity contribution is -0.156. The highest BCUT2D eigenvalue weighted by molar-refractivity contribution is 7.91. The molecule has 2 N–H and O–H groups in total. The van der Waals surface area contributed by atoms with E-state index < -0.39 is 22.3 Å². The van der Waals surface area contributed by atoms with Crippen molar-refractivity contribution in [3.63, 3.8) is 0 Å². The molecule has 0 fully saturated rings. The van der Waals surface area contributed by atoms with Gasteiger partial charge in [-0.25, -0.2) is 18.4 Å². The van der Waals surface area contributed by atoms with Crippen LogP contribution >= 0.6 is 11.6 Å². The number of halogens is 4. The minimum Gasteiger partial charge on any atom is -0.495 e. The molecule has 0 saturated carbocycles. The van der Waals surface area contributed by atoms with Gasteiger partial charge in [-0.1, -0.05) is 18.5 Å². The summed E-state index contributed by atoms with van der Waals surface area (Å²) in [7, 11) is -0.304. The van der Waals surface area contributed by atoms with Gasteiger partial charge in [0.05, 0.1) is 35.6 Å². The number of nitrogens with one attached hydrogen (secondary N) is 2. The molecular formula is C22H22ClF3N4O5S. The summed E-state index contributed by atoms with van der Waals surface area (Å²) in [6.07, 6.45) is -4.32. The Kier molecular flexibility index (Phi) is 9.87. The number of methoxy groups -OCH3 is 2. The molecule has 9 nitrogen and oxygen atoms in total. The Morgan fingerprint density at radius 3 is 2.08 bits per heavy atom. The molecule has 0 aliphatic heterocycles. The smallest absolute Gasteiger partial charge is 0.446 e. The van der Waals surface area contributed by atoms with E-state index >= 15 is 0 Å². The second-order valence-electron chi connectivity index (χ2n) is 6.81. The van der Waals surface area contributed by atoms with E-state index in [9.17, 15) is 21.6 Å². The monoisotopic (exact) mass is 546 g/mol. The van der Waals surface area contributed by atoms with Gasteiger partial charge < -0.3 is 20.1 Å². The van der Waals surface area contributed by atoms with E-state index in [2.05, 4.69) is 20.6 Å². The molecule has 2 aromatic carbocycles. The molecule has 1 aromatic heterocycles. The predicted molar refractivity (Wildman–Crippen MR) is 129 cm³/mol. The van der Waals surface area contributed by atoms with Crippen LogP contribution in [0.4, 0.5) is 36.2 Å². The Morgan fingerprint density at radius 1 is 0.972 bits per heavy atom. The van der Waals surface area contributed by atoms with Crippen molar-refractivity contribution in [3.8, 4) is 11.5 Å². The number of carbonyl (C=O) groups excluding carboxylic acids is 1. The van der Waals surface area contributed by atoms with Crippen molar-refractivity contribution in [2.75, 3.05) is 30.6 Å². The molecule has 14 heteroatoms. The minimum atomic E-state index is -4.64. The fraction of sp³-hybridized carbons (Fsp3) is 0.227. The molecule has 194 valence electrons. The number of sulfone groups is 1. The summed E-state index contributed by atoms with van der Waals surface area (Å²) in [4.78, 5) is 17.3. The Labute approximate surface area is 210 Å². The summed E-state index contributed by atoms with van der Waals surface area (Å²) in [5.41, 5.74) is 1.20. The van der Waals surface area contributed by atoms with Crippen LogP contribution in [0.25, 0.3) is 0 Å². The van der Waals surface area contributed by atoms with Crippen LogP contribution in [0, 0.1) is 0 Å². The fourth-order valence-corrected chi connectivity index (χ4v) is 3.83. The highest BCUT2D eigenvalue weighted by atomic mass is 35.5. The largest absolute Gasteiger partial charge is 0.495 e. The van der Waals surface area contributed by atoms with Crippen LogP contribution in [0.3, 0.4) is 0 Å². The van der Waals surface area contributed by atoms with Crippen LogP contribution < -0.4 is 20.1 Å². The number of alkyl halides is 3. The number of hydrogen-bond donors (Lipinski definition) is 2. The third-order valence-electron chi connectivity index (χ3n) is 4.40. The molecule has 0 spiro atoms. The lowest BCUT2D eigenvalue weighted by atomic mass is 10.3. The maximum Gasteiger partial charge on any atom is 0.446 e. The van der Waals surface area contributed by atoms with Gasteiger partial charge in [-0.2, -0.15) is 13.2 Å². The maximum absolute atomic E-state index is 12.2. The Balaban J connectivity index is 0.000000678. The molecule has 3 rings (SSSR count). The van der Waals surface area contributed by atoms with Gasteiger partial charge in [0.25, 0.3) is 0 Å². The number of aldehydes is 1. The van der Waals surface area contributed by atoms with Gasteiger partial charge in [-0.15, -0.1) is 0 Å². The van der Waals surface area contributed by atoms with E-state index in [0.717, 1.165) is 5.69 Å². The van der Waals surface area contributed by atoms with Gasteiger partial charge in [0.2, 0.25) is 6.29 Å². The average molecular weight is 547 g/mol. The second-order valence-corrected chi connectivity index (χ2v) is 9.50. The molecule has 3 aromatic rings. The first kappa shape index (κ1) is 28.7. The molecule has 1 heterocycles. The number of nitrogens with zero attached hydrogens (tertiary/aromatic N) is 2. The van der Waals surface area contributed by atoms with Gasteiger partial charge in [0, 0.05) is 11.8 Å². The summed E-state index contributed by atoms with van der Waals surface area (Å²) in [6, 6.07) is 11.6. The SMILES string of the molecule is CCS(=O)(=O)c1ccc(OC)c(Nc2cc(Nc3ccc(OC)c(Cl)c3)ncn2)c1.O=CC(F)(F)F. The fourth-order valence-electron chi connectivity index (χ4n) is 2.67. The van der Waals surface area contributed by atoms with E-state index in [4.69, 9.17) is 25.9 Å². The first-order chi connectivity index (χ1) is 16.9. The molecule has 0 bridgehead atoms. The number of rotatable bonds is 8. The first-order valence-electron chi connectivity index (χ1n) is 10.1. The minimum absolute atomic E-state index is 0.00473. The van der Waals surface area contributed by atoms with Crippen LogP contribution in [-0.4, -0.2) is 50.8 Å². The maximum atomic E-state index is 12.2. The molecule has 0 aliphatic carbocycles. The van der Waals surface area contributed by atoms with Crippen LogP contribution in [0.2, 0.25) is 5.02 Å². The average Bonchev–Trinajstić information content (AvgIpc) is 2.84. The van der Waals surface area contributed by atoms with E-state index in [-0.39, 0.29) is 10.6 Å². The first-order valence-corrected chi connectivity index (χ1v) is 12.1. The number of benzene rings is 2. The molecule has 0 amide bonds. The quantitative estimate of drug-likeness (QED) is 0.368. The number of hydrogen-bond acceptors (Lipinski definition) is 9. The lowest BCUT2D eigenvalue weighted by Gasteiger charge is -2.13. The van der Waals surface area contributed by atoms with E-state index in [0.29, 0.717) is 33.8 Å². The van der Waals surface area contributed by atoms with Crippen molar-refractivity contribution in [2.45, 2.75) is 18.0 Å². The number of ether oxygens (including phenoxy) is 2. The zero-order chi connectivity index (χ0) is 26.9. The third-order valence-corrected chi connectivity index (χ3v) is 6.43. The van der Waals surface area contributed by atoms with Crippen molar-refractivity contribution in [1.29, 1.82) is 0 Å². The van der Waals surface area contributed by atoms with Crippen LogP contribution in [-0.2, 0) is 14.6 Å². The molecule has 0 saturated heterocycles. The summed E-state index contributed by atoms with van der Waals surface area (Å²) < 4.78 is 66.2. The molecular weight excluding hydrogens is 525 g/mol. The molecule has 0 unspecified atom stereocenters. The zero-order valence-corrected chi connectivity index (χ0v) is 20.8. The number of carbonyl (C=O) groups is 1. The Bertz CT molecular complexity index is 1310. The standard InChI is InChI=1S/C20H21ClN4O4S.C2HF3O/c1-4-30(26,27)14-6-8-18(29-3)16(10-14)25-20-11-19(22-12-23-20)24-13-5-7-17(28-2)15(21)9-13;3-2(4,5)1-6/h5-12H,4H2,1-3H3,(H2,22,23,24,25);1H. The second kappa shape index (κ2) is 12.4. The topological polar surface area (TPSA) is 120 Å². The van der Waals surface area contributed by atoms with E-state index in [1.54, 1.807) is 38.3 Å². The van der Waals surface area contributed by atoms with Gasteiger partial charge in [0.1, 0.15) is 29.5 Å². The van der Waals surface area contributed by atoms with Crippen molar-refractivity contribution >= 4 is 50.7 Å². The van der Waals surface area contributed by atoms with Crippen LogP contribution in [0.15, 0.2) is 53.7 Å². The van der Waals surface area contributed by atoms with Crippen molar-refractivity contribution < 1.29 is 35.9 Å². The van der Waals surface area contributed by atoms with Crippen molar-refractivity contribution in [1.82, 2.24) is 9.97 Å². The highest BCUT2D eigenvalue weighted by Gasteiger charge is 2.24. The van der Waals surface area contributed by atoms with Crippen LogP contribution in [0.5, 0.6) is 11.5 Å². The van der Waals surface area contributed by atoms with Crippen molar-refractivity contribution in [3.05, 3.63) is 53.8 Å². The Hall–Kier alpha value is -3.58. The zero-order valence-electron chi connectivity index (χ0n) is 19.3. The molecule has 0 aliphatic rings. The van der Waals surface area contributed by atoms with E-state index in [1.165, 1.54) is 25.6 Å². The highest BCUT2D eigenvalue weighted by Crippen LogP contribution is 2.32. The molecule has 0 atom stereocenters. The molecule has 0 radical (unpaired) electrons. The normalized spacial score (nSPS) is 11.1. The predicted octanol–water partition coefficient (Wildman–Crippen LogP) is 5.18. The lowest BCUT2D eigenvalue weighted by Crippen LogP contribution is -2.07. The summed E-state index contributed by atoms with van der Waals surface area (Å²) in [5.74, 6) is 2.04. The summed E-state index contributed by atoms with van der Waals surface area (Å²) in [5, 5.41) is 6.69. The van der Waals surface area contributed by atoms with E-state index in [1.807, 2.05) is 6.07 Å². The molecule has 36 heavy (non-hydrogen) atoms. The Morgan fingerprint density at radius 2 is 1.56 bits per heavy atom. The van der Waals surface area contributed by atoms with Gasteiger partial charge in [0.15, 0.2) is 9.84 Å². The summed E-state index contributed by atoms with van der Waals surface area (Å²) >= 11 is 6.16.